The topological polar surface area (TPSA) is 24.9 Å². The van der Waals surface area contributed by atoms with Crippen LogP contribution in [0.3, 0.4) is 0 Å². The quantitative estimate of drug-likeness (QED) is 0.856. The number of thiazole rings is 1. The van der Waals surface area contributed by atoms with Crippen molar-refractivity contribution in [2.24, 2.45) is 0 Å². The number of anilines is 1. The first-order chi connectivity index (χ1) is 6.90. The molecule has 0 aliphatic carbocycles. The average molecular weight is 224 g/mol. The van der Waals surface area contributed by atoms with E-state index in [9.17, 15) is 0 Å². The molecule has 0 atom stereocenters. The smallest absolute Gasteiger partial charge is 0.183 e. The molecule has 0 aliphatic heterocycles. The van der Waals surface area contributed by atoms with Crippen molar-refractivity contribution in [2.45, 2.75) is 13.3 Å². The van der Waals surface area contributed by atoms with Crippen LogP contribution in [0.25, 0.3) is 10.6 Å². The summed E-state index contributed by atoms with van der Waals surface area (Å²) in [6, 6.07) is 4.15. The minimum Gasteiger partial charge on any atom is -0.362 e. The number of nitrogens with zero attached hydrogens (tertiary/aromatic N) is 1. The molecule has 0 saturated carbocycles. The molecule has 0 bridgehead atoms. The van der Waals surface area contributed by atoms with Crippen LogP contribution in [0, 0.1) is 0 Å². The molecule has 2 nitrogen and oxygen atoms in total. The standard InChI is InChI=1S/C10H12N2S2/c1-2-5-11-10-12-8(7-14-10)9-4-3-6-13-9/h3-4,6-7H,2,5H2,1H3,(H,11,12). The van der Waals surface area contributed by atoms with Gasteiger partial charge in [0.15, 0.2) is 5.13 Å². The Hall–Kier alpha value is -0.870. The van der Waals surface area contributed by atoms with Crippen molar-refractivity contribution in [1.82, 2.24) is 4.98 Å². The van der Waals surface area contributed by atoms with Gasteiger partial charge in [-0.2, -0.15) is 0 Å². The van der Waals surface area contributed by atoms with Crippen LogP contribution in [0.1, 0.15) is 13.3 Å². The summed E-state index contributed by atoms with van der Waals surface area (Å²) in [5.74, 6) is 0. The molecule has 0 amide bonds. The average Bonchev–Trinajstić information content (AvgIpc) is 2.85. The van der Waals surface area contributed by atoms with Crippen LogP contribution in [0.2, 0.25) is 0 Å². The first-order valence-corrected chi connectivity index (χ1v) is 6.39. The van der Waals surface area contributed by atoms with Gasteiger partial charge in [0.2, 0.25) is 0 Å². The number of aromatic nitrogens is 1. The molecule has 2 aromatic heterocycles. The molecule has 4 heteroatoms. The van der Waals surface area contributed by atoms with E-state index in [-0.39, 0.29) is 0 Å². The maximum atomic E-state index is 4.51. The maximum Gasteiger partial charge on any atom is 0.183 e. The van der Waals surface area contributed by atoms with Crippen LogP contribution in [0.15, 0.2) is 22.9 Å². The lowest BCUT2D eigenvalue weighted by atomic mass is 10.4. The Labute approximate surface area is 91.6 Å². The van der Waals surface area contributed by atoms with Gasteiger partial charge in [0.25, 0.3) is 0 Å². The van der Waals surface area contributed by atoms with Gasteiger partial charge in [0.05, 0.1) is 10.6 Å². The molecular weight excluding hydrogens is 212 g/mol. The fourth-order valence-corrected chi connectivity index (χ4v) is 2.62. The Bertz CT molecular complexity index is 378. The van der Waals surface area contributed by atoms with Gasteiger partial charge in [0.1, 0.15) is 0 Å². The highest BCUT2D eigenvalue weighted by Crippen LogP contribution is 2.27. The lowest BCUT2D eigenvalue weighted by Gasteiger charge is -1.96. The van der Waals surface area contributed by atoms with Gasteiger partial charge in [-0.3, -0.25) is 0 Å². The molecule has 0 radical (unpaired) electrons. The first kappa shape index (κ1) is 9.68. The van der Waals surface area contributed by atoms with Crippen molar-refractivity contribution in [2.75, 3.05) is 11.9 Å². The Morgan fingerprint density at radius 2 is 2.36 bits per heavy atom. The fraction of sp³-hybridized carbons (Fsp3) is 0.300. The summed E-state index contributed by atoms with van der Waals surface area (Å²) in [5, 5.41) is 8.49. The summed E-state index contributed by atoms with van der Waals surface area (Å²) in [6.45, 7) is 3.15. The zero-order valence-electron chi connectivity index (χ0n) is 7.99. The summed E-state index contributed by atoms with van der Waals surface area (Å²) in [7, 11) is 0. The Morgan fingerprint density at radius 1 is 1.43 bits per heavy atom. The number of thiophene rings is 1. The van der Waals surface area contributed by atoms with Crippen molar-refractivity contribution in [1.29, 1.82) is 0 Å². The number of hydrogen-bond acceptors (Lipinski definition) is 4. The number of rotatable bonds is 4. The maximum absolute atomic E-state index is 4.51. The van der Waals surface area contributed by atoms with E-state index in [2.05, 4.69) is 40.1 Å². The van der Waals surface area contributed by atoms with E-state index >= 15 is 0 Å². The molecule has 2 rings (SSSR count). The van der Waals surface area contributed by atoms with Gasteiger partial charge in [0, 0.05) is 11.9 Å². The van der Waals surface area contributed by atoms with Crippen molar-refractivity contribution >= 4 is 27.8 Å². The molecule has 0 aliphatic rings. The summed E-state index contributed by atoms with van der Waals surface area (Å²) in [5.41, 5.74) is 1.09. The molecular formula is C10H12N2S2. The molecule has 0 fully saturated rings. The number of nitrogens with one attached hydrogen (secondary N) is 1. The van der Waals surface area contributed by atoms with Crippen molar-refractivity contribution in [3.63, 3.8) is 0 Å². The van der Waals surface area contributed by atoms with Gasteiger partial charge in [-0.25, -0.2) is 4.98 Å². The predicted octanol–water partition coefficient (Wildman–Crippen LogP) is 3.69. The Balaban J connectivity index is 2.10. The van der Waals surface area contributed by atoms with Crippen LogP contribution in [0.4, 0.5) is 5.13 Å². The van der Waals surface area contributed by atoms with Crippen molar-refractivity contribution in [3.05, 3.63) is 22.9 Å². The second kappa shape index (κ2) is 4.57. The van der Waals surface area contributed by atoms with Gasteiger partial charge in [-0.05, 0) is 17.9 Å². The largest absolute Gasteiger partial charge is 0.362 e. The summed E-state index contributed by atoms with van der Waals surface area (Å²) < 4.78 is 0. The highest BCUT2D eigenvalue weighted by Gasteiger charge is 2.03. The molecule has 2 heterocycles. The summed E-state index contributed by atoms with van der Waals surface area (Å²) in [4.78, 5) is 5.75. The summed E-state index contributed by atoms with van der Waals surface area (Å²) in [6.07, 6.45) is 1.13. The zero-order chi connectivity index (χ0) is 9.80. The minimum atomic E-state index is 0.997. The normalized spacial score (nSPS) is 10.4. The molecule has 0 saturated heterocycles. The van der Waals surface area contributed by atoms with Gasteiger partial charge >= 0.3 is 0 Å². The molecule has 14 heavy (non-hydrogen) atoms. The molecule has 0 aromatic carbocycles. The van der Waals surface area contributed by atoms with E-state index in [4.69, 9.17) is 0 Å². The lowest BCUT2D eigenvalue weighted by Crippen LogP contribution is -1.98. The Morgan fingerprint density at radius 3 is 3.07 bits per heavy atom. The lowest BCUT2D eigenvalue weighted by molar-refractivity contribution is 0.976. The second-order valence-electron chi connectivity index (χ2n) is 2.94. The number of hydrogen-bond donors (Lipinski definition) is 1. The third-order valence-electron chi connectivity index (χ3n) is 1.80. The van der Waals surface area contributed by atoms with E-state index in [1.54, 1.807) is 22.7 Å². The monoisotopic (exact) mass is 224 g/mol. The van der Waals surface area contributed by atoms with Crippen LogP contribution < -0.4 is 5.32 Å². The second-order valence-corrected chi connectivity index (χ2v) is 4.75. The van der Waals surface area contributed by atoms with E-state index in [0.29, 0.717) is 0 Å². The fourth-order valence-electron chi connectivity index (χ4n) is 1.12. The molecule has 74 valence electrons. The third kappa shape index (κ3) is 2.13. The molecule has 1 N–H and O–H groups in total. The van der Waals surface area contributed by atoms with Crippen molar-refractivity contribution in [3.8, 4) is 10.6 Å². The predicted molar refractivity (Wildman–Crippen MR) is 64.2 cm³/mol. The van der Waals surface area contributed by atoms with E-state index in [0.717, 1.165) is 23.8 Å². The minimum absolute atomic E-state index is 0.997. The zero-order valence-corrected chi connectivity index (χ0v) is 9.62. The van der Waals surface area contributed by atoms with Crippen LogP contribution in [-0.4, -0.2) is 11.5 Å². The van der Waals surface area contributed by atoms with Crippen LogP contribution >= 0.6 is 22.7 Å². The van der Waals surface area contributed by atoms with Gasteiger partial charge in [-0.1, -0.05) is 13.0 Å². The third-order valence-corrected chi connectivity index (χ3v) is 3.50. The van der Waals surface area contributed by atoms with Gasteiger partial charge < -0.3 is 5.32 Å². The SMILES string of the molecule is CCCNc1nc(-c2cccs2)cs1. The Kier molecular flexibility index (Phi) is 3.16. The van der Waals surface area contributed by atoms with Crippen LogP contribution in [-0.2, 0) is 0 Å². The van der Waals surface area contributed by atoms with E-state index < -0.39 is 0 Å². The molecule has 0 spiro atoms. The van der Waals surface area contributed by atoms with Gasteiger partial charge in [-0.15, -0.1) is 22.7 Å². The summed E-state index contributed by atoms with van der Waals surface area (Å²) >= 11 is 3.40. The van der Waals surface area contributed by atoms with E-state index in [1.165, 1.54) is 4.88 Å². The molecule has 2 aromatic rings. The highest BCUT2D eigenvalue weighted by atomic mass is 32.1. The molecule has 0 unspecified atom stereocenters. The van der Waals surface area contributed by atoms with E-state index in [1.807, 2.05) is 0 Å². The van der Waals surface area contributed by atoms with Crippen molar-refractivity contribution < 1.29 is 0 Å². The highest BCUT2D eigenvalue weighted by molar-refractivity contribution is 7.15. The van der Waals surface area contributed by atoms with Crippen LogP contribution in [0.5, 0.6) is 0 Å². The first-order valence-electron chi connectivity index (χ1n) is 4.63.